The van der Waals surface area contributed by atoms with E-state index in [9.17, 15) is 8.42 Å². The van der Waals surface area contributed by atoms with Crippen LogP contribution in [0, 0.1) is 5.92 Å². The van der Waals surface area contributed by atoms with Crippen LogP contribution in [0.5, 0.6) is 0 Å². The van der Waals surface area contributed by atoms with E-state index in [0.29, 0.717) is 16.9 Å². The standard InChI is InChI=1S/C26H35N5O2S/c1-34(32,33)22-14-12-19(13-15-22)23-18-29-25(30-23)26(24-27-16-17-28-24,20-8-4-2-5-9-20)31-21-10-6-3-7-11-21/h12-18,20-21,31H,2-11H2,1H3,(H,27,28)(H,29,30)/t26-/m0/s1. The normalized spacial score (nSPS) is 20.3. The van der Waals surface area contributed by atoms with Gasteiger partial charge in [0.2, 0.25) is 0 Å². The van der Waals surface area contributed by atoms with Gasteiger partial charge in [0.25, 0.3) is 0 Å². The lowest BCUT2D eigenvalue weighted by atomic mass is 9.72. The Morgan fingerprint density at radius 2 is 1.59 bits per heavy atom. The van der Waals surface area contributed by atoms with Crippen LogP contribution in [-0.2, 0) is 15.4 Å². The number of aromatic nitrogens is 4. The third-order valence-corrected chi connectivity index (χ3v) is 8.78. The van der Waals surface area contributed by atoms with E-state index in [1.807, 2.05) is 30.7 Å². The summed E-state index contributed by atoms with van der Waals surface area (Å²) < 4.78 is 23.7. The lowest BCUT2D eigenvalue weighted by Crippen LogP contribution is -2.55. The zero-order valence-electron chi connectivity index (χ0n) is 19.9. The molecule has 0 spiro atoms. The van der Waals surface area contributed by atoms with Gasteiger partial charge in [0.1, 0.15) is 17.2 Å². The molecule has 2 aromatic heterocycles. The fraction of sp³-hybridized carbons (Fsp3) is 0.538. The summed E-state index contributed by atoms with van der Waals surface area (Å²) in [6.45, 7) is 0. The lowest BCUT2D eigenvalue weighted by molar-refractivity contribution is 0.150. The molecular weight excluding hydrogens is 446 g/mol. The van der Waals surface area contributed by atoms with Crippen molar-refractivity contribution >= 4 is 9.84 Å². The van der Waals surface area contributed by atoms with Gasteiger partial charge in [-0.2, -0.15) is 0 Å². The van der Waals surface area contributed by atoms with Gasteiger partial charge in [-0.1, -0.05) is 50.7 Å². The molecular formula is C26H35N5O2S. The number of hydrogen-bond acceptors (Lipinski definition) is 5. The Morgan fingerprint density at radius 1 is 0.912 bits per heavy atom. The van der Waals surface area contributed by atoms with Gasteiger partial charge in [-0.25, -0.2) is 18.4 Å². The van der Waals surface area contributed by atoms with Crippen molar-refractivity contribution in [2.45, 2.75) is 80.7 Å². The topological polar surface area (TPSA) is 104 Å². The van der Waals surface area contributed by atoms with Crippen LogP contribution in [0.3, 0.4) is 0 Å². The molecule has 0 radical (unpaired) electrons. The predicted octanol–water partition coefficient (Wildman–Crippen LogP) is 4.95. The van der Waals surface area contributed by atoms with E-state index in [1.54, 1.807) is 12.1 Å². The average molecular weight is 482 g/mol. The molecule has 2 aliphatic carbocycles. The molecule has 2 aliphatic rings. The number of imidazole rings is 2. The fourth-order valence-corrected chi connectivity index (χ4v) is 6.51. The number of sulfone groups is 1. The molecule has 7 nitrogen and oxygen atoms in total. The van der Waals surface area contributed by atoms with Crippen molar-refractivity contribution in [2.24, 2.45) is 5.92 Å². The first-order valence-corrected chi connectivity index (χ1v) is 14.5. The molecule has 0 saturated heterocycles. The van der Waals surface area contributed by atoms with Crippen LogP contribution >= 0.6 is 0 Å². The molecule has 1 aromatic carbocycles. The SMILES string of the molecule is CS(=O)(=O)c1ccc(-c2c[nH]c([C@@](NC3CCCCC3)(c3ncc[nH]3)C3CCCCC3)n2)cc1. The summed E-state index contributed by atoms with van der Waals surface area (Å²) in [4.78, 5) is 17.2. The summed E-state index contributed by atoms with van der Waals surface area (Å²) in [7, 11) is -3.23. The third-order valence-electron chi connectivity index (χ3n) is 7.66. The minimum absolute atomic E-state index is 0.318. The fourth-order valence-electron chi connectivity index (χ4n) is 5.88. The summed E-state index contributed by atoms with van der Waals surface area (Å²) >= 11 is 0. The van der Waals surface area contributed by atoms with Crippen LogP contribution in [-0.4, -0.2) is 40.7 Å². The van der Waals surface area contributed by atoms with Gasteiger partial charge in [-0.15, -0.1) is 0 Å². The zero-order valence-corrected chi connectivity index (χ0v) is 20.7. The number of nitrogens with one attached hydrogen (secondary N) is 3. The highest BCUT2D eigenvalue weighted by Crippen LogP contribution is 2.43. The molecule has 2 saturated carbocycles. The van der Waals surface area contributed by atoms with E-state index in [-0.39, 0.29) is 0 Å². The maximum absolute atomic E-state index is 11.9. The van der Waals surface area contributed by atoms with E-state index in [4.69, 9.17) is 9.97 Å². The van der Waals surface area contributed by atoms with Crippen molar-refractivity contribution in [1.29, 1.82) is 0 Å². The molecule has 3 aromatic rings. The van der Waals surface area contributed by atoms with Crippen LogP contribution in [0.4, 0.5) is 0 Å². The van der Waals surface area contributed by atoms with E-state index in [0.717, 1.165) is 35.7 Å². The Bertz CT molecular complexity index is 1170. The van der Waals surface area contributed by atoms with Gasteiger partial charge >= 0.3 is 0 Å². The average Bonchev–Trinajstić information content (AvgIpc) is 3.57. The van der Waals surface area contributed by atoms with Crippen molar-refractivity contribution in [3.05, 3.63) is 54.5 Å². The van der Waals surface area contributed by atoms with Crippen molar-refractivity contribution in [3.63, 3.8) is 0 Å². The molecule has 0 amide bonds. The number of rotatable bonds is 7. The van der Waals surface area contributed by atoms with Gasteiger partial charge < -0.3 is 9.97 Å². The summed E-state index contributed by atoms with van der Waals surface area (Å²) in [6.07, 6.45) is 19.1. The second-order valence-corrected chi connectivity index (χ2v) is 12.0. The molecule has 2 heterocycles. The Balaban J connectivity index is 1.57. The van der Waals surface area contributed by atoms with Crippen molar-refractivity contribution in [1.82, 2.24) is 25.3 Å². The maximum Gasteiger partial charge on any atom is 0.175 e. The van der Waals surface area contributed by atoms with Gasteiger partial charge in [0.05, 0.1) is 10.6 Å². The summed E-state index contributed by atoms with van der Waals surface area (Å²) in [5, 5.41) is 4.08. The second-order valence-electron chi connectivity index (χ2n) is 9.99. The first kappa shape index (κ1) is 23.3. The third kappa shape index (κ3) is 4.58. The number of nitrogens with zero attached hydrogens (tertiary/aromatic N) is 2. The summed E-state index contributed by atoms with van der Waals surface area (Å²) in [6, 6.07) is 7.41. The van der Waals surface area contributed by atoms with Crippen LogP contribution in [0.15, 0.2) is 47.8 Å². The molecule has 34 heavy (non-hydrogen) atoms. The summed E-state index contributed by atoms with van der Waals surface area (Å²) in [5.74, 6) is 2.21. The number of hydrogen-bond donors (Lipinski definition) is 3. The van der Waals surface area contributed by atoms with E-state index < -0.39 is 15.4 Å². The zero-order chi connectivity index (χ0) is 23.6. The van der Waals surface area contributed by atoms with Gasteiger partial charge in [-0.05, 0) is 43.7 Å². The second kappa shape index (κ2) is 9.66. The number of aromatic amines is 2. The van der Waals surface area contributed by atoms with Crippen molar-refractivity contribution in [2.75, 3.05) is 6.26 Å². The highest BCUT2D eigenvalue weighted by atomic mass is 32.2. The summed E-state index contributed by atoms with van der Waals surface area (Å²) in [5.41, 5.74) is 1.20. The molecule has 5 rings (SSSR count). The molecule has 0 unspecified atom stereocenters. The van der Waals surface area contributed by atoms with Crippen molar-refractivity contribution < 1.29 is 8.42 Å². The Labute approximate surface area is 202 Å². The molecule has 0 bridgehead atoms. The van der Waals surface area contributed by atoms with Crippen LogP contribution < -0.4 is 5.32 Å². The highest BCUT2D eigenvalue weighted by Gasteiger charge is 2.48. The molecule has 8 heteroatoms. The smallest absolute Gasteiger partial charge is 0.175 e. The predicted molar refractivity (Wildman–Crippen MR) is 133 cm³/mol. The lowest BCUT2D eigenvalue weighted by Gasteiger charge is -2.43. The molecule has 3 N–H and O–H groups in total. The highest BCUT2D eigenvalue weighted by molar-refractivity contribution is 7.90. The van der Waals surface area contributed by atoms with E-state index in [1.165, 1.54) is 57.6 Å². The number of benzene rings is 1. The Morgan fingerprint density at radius 3 is 2.21 bits per heavy atom. The molecule has 1 atom stereocenters. The van der Waals surface area contributed by atoms with E-state index in [2.05, 4.69) is 15.3 Å². The molecule has 0 aliphatic heterocycles. The van der Waals surface area contributed by atoms with Gasteiger partial charge in [0.15, 0.2) is 9.84 Å². The van der Waals surface area contributed by atoms with E-state index >= 15 is 0 Å². The Hall–Kier alpha value is -2.45. The first-order chi connectivity index (χ1) is 16.5. The van der Waals surface area contributed by atoms with Crippen LogP contribution in [0.2, 0.25) is 0 Å². The molecule has 2 fully saturated rings. The van der Waals surface area contributed by atoms with Gasteiger partial charge in [0, 0.05) is 36.5 Å². The number of H-pyrrole nitrogens is 2. The van der Waals surface area contributed by atoms with Crippen LogP contribution in [0.25, 0.3) is 11.3 Å². The minimum atomic E-state index is -3.23. The van der Waals surface area contributed by atoms with Gasteiger partial charge in [-0.3, -0.25) is 5.32 Å². The quantitative estimate of drug-likeness (QED) is 0.443. The van der Waals surface area contributed by atoms with Crippen LogP contribution in [0.1, 0.15) is 75.9 Å². The van der Waals surface area contributed by atoms with Crippen molar-refractivity contribution in [3.8, 4) is 11.3 Å². The molecule has 182 valence electrons. The monoisotopic (exact) mass is 481 g/mol. The first-order valence-electron chi connectivity index (χ1n) is 12.6. The maximum atomic E-state index is 11.9. The minimum Gasteiger partial charge on any atom is -0.347 e. The Kier molecular flexibility index (Phi) is 6.62. The largest absolute Gasteiger partial charge is 0.347 e.